The Balaban J connectivity index is 0.00000161. The molecule has 3 rings (SSSR count). The molecular formula is C15H19FN3OW3-. The number of rotatable bonds is 4. The average molecular weight is 828 g/mol. The van der Waals surface area contributed by atoms with Crippen LogP contribution >= 0.6 is 0 Å². The molecule has 1 aromatic rings. The Morgan fingerprint density at radius 2 is 2.17 bits per heavy atom. The van der Waals surface area contributed by atoms with Crippen LogP contribution in [0.3, 0.4) is 0 Å². The zero-order valence-corrected chi connectivity index (χ0v) is 21.6. The van der Waals surface area contributed by atoms with Crippen molar-refractivity contribution in [1.82, 2.24) is 14.9 Å². The second-order valence-corrected chi connectivity index (χ2v) is 5.66. The van der Waals surface area contributed by atoms with Crippen LogP contribution in [0.25, 0.3) is 0 Å². The van der Waals surface area contributed by atoms with Gasteiger partial charge in [0.2, 0.25) is 0 Å². The van der Waals surface area contributed by atoms with Crippen LogP contribution in [0.15, 0.2) is 0 Å². The largest absolute Gasteiger partial charge is 2.00 e. The van der Waals surface area contributed by atoms with E-state index < -0.39 is 6.17 Å². The Labute approximate surface area is 180 Å². The van der Waals surface area contributed by atoms with Crippen molar-refractivity contribution in [2.24, 2.45) is 0 Å². The minimum absolute atomic E-state index is 0. The molecule has 0 saturated carbocycles. The average Bonchev–Trinajstić information content (AvgIpc) is 2.92. The fraction of sp³-hybridized carbons (Fsp3) is 0.600. The molecule has 0 aliphatic carbocycles. The number of fused-ring (bicyclic) bond motifs is 1. The van der Waals surface area contributed by atoms with Crippen LogP contribution < -0.4 is 4.74 Å². The number of hydrogen-bond donors (Lipinski definition) is 0. The summed E-state index contributed by atoms with van der Waals surface area (Å²) in [5.41, 5.74) is 1.22. The second-order valence-electron chi connectivity index (χ2n) is 5.66. The molecule has 126 valence electrons. The molecule has 2 aliphatic rings. The van der Waals surface area contributed by atoms with E-state index in [0.717, 1.165) is 24.9 Å². The zero-order chi connectivity index (χ0) is 14.2. The fourth-order valence-electron chi connectivity index (χ4n) is 3.30. The molecule has 0 aromatic carbocycles. The summed E-state index contributed by atoms with van der Waals surface area (Å²) in [6, 6.07) is 0.274. The van der Waals surface area contributed by atoms with Gasteiger partial charge in [-0.05, 0) is 19.4 Å². The van der Waals surface area contributed by atoms with E-state index in [2.05, 4.69) is 34.9 Å². The molecule has 0 radical (unpaired) electrons. The van der Waals surface area contributed by atoms with Crippen molar-refractivity contribution >= 4 is 0 Å². The number of alkyl halides is 1. The van der Waals surface area contributed by atoms with E-state index >= 15 is 0 Å². The quantitative estimate of drug-likeness (QED) is 0.435. The third-order valence-corrected chi connectivity index (χ3v) is 4.35. The van der Waals surface area contributed by atoms with Crippen LogP contribution in [0.4, 0.5) is 4.39 Å². The van der Waals surface area contributed by atoms with E-state index in [9.17, 15) is 4.39 Å². The van der Waals surface area contributed by atoms with Crippen LogP contribution in [0.1, 0.15) is 30.5 Å². The van der Waals surface area contributed by atoms with Crippen molar-refractivity contribution in [3.05, 3.63) is 31.3 Å². The van der Waals surface area contributed by atoms with Crippen molar-refractivity contribution in [2.45, 2.75) is 37.4 Å². The van der Waals surface area contributed by atoms with E-state index in [1.165, 1.54) is 0 Å². The van der Waals surface area contributed by atoms with Crippen LogP contribution in [0.5, 0.6) is 6.01 Å². The number of halogens is 1. The van der Waals surface area contributed by atoms with Gasteiger partial charge in [-0.1, -0.05) is 0 Å². The molecule has 23 heavy (non-hydrogen) atoms. The molecule has 1 aromatic heterocycles. The van der Waals surface area contributed by atoms with E-state index in [-0.39, 0.29) is 74.7 Å². The Hall–Kier alpha value is 0.705. The molecule has 2 aliphatic heterocycles. The predicted molar refractivity (Wildman–Crippen MR) is 72.9 cm³/mol. The van der Waals surface area contributed by atoms with Crippen molar-refractivity contribution in [3.8, 4) is 6.01 Å². The summed E-state index contributed by atoms with van der Waals surface area (Å²) in [5, 5.41) is 0. The summed E-state index contributed by atoms with van der Waals surface area (Å²) in [6.45, 7) is 9.52. The summed E-state index contributed by atoms with van der Waals surface area (Å²) in [4.78, 5) is 10.5. The minimum Gasteiger partial charge on any atom is -0.519 e. The van der Waals surface area contributed by atoms with Crippen LogP contribution in [-0.2, 0) is 69.6 Å². The van der Waals surface area contributed by atoms with Gasteiger partial charge in [0.25, 0.3) is 0 Å². The molecule has 1 unspecified atom stereocenters. The first-order valence-corrected chi connectivity index (χ1v) is 7.05. The summed E-state index contributed by atoms with van der Waals surface area (Å²) in [6.07, 6.45) is 5.28. The van der Waals surface area contributed by atoms with Crippen LogP contribution in [0.2, 0.25) is 0 Å². The number of nitrogens with zero attached hydrogens (tertiary/aromatic N) is 3. The standard InChI is InChI=1S/C15H19FN3O.3W/c1-3-12-8-17-14(18-11(12)2)20-10-15-5-4-6-19(15)9-13(16)7-15;;;/h13H,1-7,9-10H2;;;/q-3;;;+2/t13-,15?;;;/m1.../s1. The van der Waals surface area contributed by atoms with Crippen molar-refractivity contribution in [2.75, 3.05) is 19.7 Å². The van der Waals surface area contributed by atoms with Gasteiger partial charge in [-0.3, -0.25) is 17.4 Å². The van der Waals surface area contributed by atoms with Crippen LogP contribution in [0, 0.1) is 20.0 Å². The predicted octanol–water partition coefficient (Wildman–Crippen LogP) is 1.78. The van der Waals surface area contributed by atoms with Gasteiger partial charge in [-0.15, -0.1) is 0 Å². The number of hydrogen-bond acceptors (Lipinski definition) is 4. The zero-order valence-electron chi connectivity index (χ0n) is 12.8. The first-order chi connectivity index (χ1) is 9.63. The van der Waals surface area contributed by atoms with Gasteiger partial charge in [0, 0.05) is 55.1 Å². The van der Waals surface area contributed by atoms with Gasteiger partial charge in [0.15, 0.2) is 6.01 Å². The monoisotopic (exact) mass is 828 g/mol. The van der Waals surface area contributed by atoms with Crippen molar-refractivity contribution < 1.29 is 72.3 Å². The molecule has 8 heteroatoms. The minimum atomic E-state index is -0.747. The summed E-state index contributed by atoms with van der Waals surface area (Å²) in [7, 11) is 0. The van der Waals surface area contributed by atoms with Gasteiger partial charge in [0.05, 0.1) is 12.1 Å². The maximum Gasteiger partial charge on any atom is 2.00 e. The van der Waals surface area contributed by atoms with E-state index in [1.54, 1.807) is 0 Å². The third-order valence-electron chi connectivity index (χ3n) is 4.35. The molecule has 2 fully saturated rings. The summed E-state index contributed by atoms with van der Waals surface area (Å²) < 4.78 is 19.3. The van der Waals surface area contributed by atoms with Gasteiger partial charge >= 0.3 is 21.1 Å². The first kappa shape index (κ1) is 23.7. The second kappa shape index (κ2) is 10.0. The molecule has 3 heterocycles. The van der Waals surface area contributed by atoms with Gasteiger partial charge in [-0.2, -0.15) is 6.20 Å². The molecule has 0 spiro atoms. The molecule has 2 atom stereocenters. The third kappa shape index (κ3) is 5.10. The van der Waals surface area contributed by atoms with Crippen molar-refractivity contribution in [1.29, 1.82) is 0 Å². The van der Waals surface area contributed by atoms with Crippen molar-refractivity contribution in [3.63, 3.8) is 0 Å². The molecule has 0 amide bonds. The van der Waals surface area contributed by atoms with E-state index in [4.69, 9.17) is 4.74 Å². The Morgan fingerprint density at radius 1 is 1.43 bits per heavy atom. The van der Waals surface area contributed by atoms with E-state index in [0.29, 0.717) is 31.7 Å². The SMILES string of the molecule is [CH2-]Cc1[c-]nc(OCC23CCCN2C[C@H](F)C3)nc1[CH2-].[W+2].[W].[W]. The van der Waals surface area contributed by atoms with E-state index in [1.807, 2.05) is 0 Å². The Kier molecular flexibility index (Phi) is 10.3. The summed E-state index contributed by atoms with van der Waals surface area (Å²) in [5.74, 6) is 0. The smallest absolute Gasteiger partial charge is 0.519 e. The molecular weight excluding hydrogens is 809 g/mol. The number of ether oxygens (including phenoxy) is 1. The number of aromatic nitrogens is 2. The summed E-state index contributed by atoms with van der Waals surface area (Å²) >= 11 is 0. The first-order valence-electron chi connectivity index (χ1n) is 7.05. The Bertz CT molecular complexity index is 509. The molecule has 0 bridgehead atoms. The molecule has 4 nitrogen and oxygen atoms in total. The molecule has 0 N–H and O–H groups in total. The fourth-order valence-corrected chi connectivity index (χ4v) is 3.30. The van der Waals surface area contributed by atoms with Gasteiger partial charge in [0.1, 0.15) is 6.17 Å². The van der Waals surface area contributed by atoms with Crippen LogP contribution in [-0.4, -0.2) is 46.3 Å². The molecule has 2 saturated heterocycles. The normalized spacial score (nSPS) is 25.7. The van der Waals surface area contributed by atoms with Gasteiger partial charge < -0.3 is 21.6 Å². The topological polar surface area (TPSA) is 38.2 Å². The maximum atomic E-state index is 13.6. The maximum absolute atomic E-state index is 13.6. The Morgan fingerprint density at radius 3 is 2.83 bits per heavy atom. The van der Waals surface area contributed by atoms with Gasteiger partial charge in [-0.25, -0.2) is 16.5 Å².